The van der Waals surface area contributed by atoms with E-state index in [4.69, 9.17) is 11.5 Å². The molecule has 2 atom stereocenters. The molecule has 0 aromatic heterocycles. The van der Waals surface area contributed by atoms with Gasteiger partial charge in [0, 0.05) is 0 Å². The third-order valence-corrected chi connectivity index (χ3v) is 11.5. The monoisotopic (exact) mass is 456 g/mol. The van der Waals surface area contributed by atoms with E-state index in [0.29, 0.717) is 38.1 Å². The van der Waals surface area contributed by atoms with Gasteiger partial charge in [-0.15, -0.1) is 0 Å². The predicted octanol–water partition coefficient (Wildman–Crippen LogP) is 2.27. The molecule has 24 heavy (non-hydrogen) atoms. The second-order valence-electron chi connectivity index (χ2n) is 6.78. The van der Waals surface area contributed by atoms with Crippen LogP contribution in [0, 0.1) is 11.8 Å². The van der Waals surface area contributed by atoms with Gasteiger partial charge in [0.1, 0.15) is 0 Å². The standard InChI is InChI=1S/C20H28N2Se2/c1-13(2)19(21)15-9-5-7-11-17(15)23-24-18-12-8-6-10-16(18)20(22)14(3)4/h5-14,19-20H,21-22H2,1-4H3. The summed E-state index contributed by atoms with van der Waals surface area (Å²) >= 11 is 0.839. The fourth-order valence-electron chi connectivity index (χ4n) is 2.47. The Labute approximate surface area is 157 Å². The van der Waals surface area contributed by atoms with Gasteiger partial charge < -0.3 is 0 Å². The SMILES string of the molecule is CC(C)C(N)c1ccccc1[Se][Se]c1ccccc1C(N)C(C)C. The first kappa shape index (κ1) is 19.7. The first-order valence-corrected chi connectivity index (χ1v) is 14.5. The van der Waals surface area contributed by atoms with Gasteiger partial charge in [-0.2, -0.15) is 0 Å². The van der Waals surface area contributed by atoms with Crippen LogP contribution in [0.15, 0.2) is 48.5 Å². The molecule has 0 saturated heterocycles. The quantitative estimate of drug-likeness (QED) is 0.631. The Balaban J connectivity index is 2.21. The molecule has 2 rings (SSSR count). The van der Waals surface area contributed by atoms with Gasteiger partial charge in [0.05, 0.1) is 0 Å². The van der Waals surface area contributed by atoms with Gasteiger partial charge in [-0.25, -0.2) is 0 Å². The molecular weight excluding hydrogens is 426 g/mol. The second kappa shape index (κ2) is 9.19. The van der Waals surface area contributed by atoms with Crippen LogP contribution in [0.5, 0.6) is 0 Å². The van der Waals surface area contributed by atoms with Crippen molar-refractivity contribution in [2.45, 2.75) is 39.8 Å². The Bertz CT molecular complexity index is 598. The van der Waals surface area contributed by atoms with E-state index in [0.717, 1.165) is 0 Å². The summed E-state index contributed by atoms with van der Waals surface area (Å²) in [5.41, 5.74) is 15.5. The van der Waals surface area contributed by atoms with Gasteiger partial charge in [0.25, 0.3) is 0 Å². The summed E-state index contributed by atoms with van der Waals surface area (Å²) in [5, 5.41) is 0. The topological polar surface area (TPSA) is 52.0 Å². The molecule has 0 aliphatic carbocycles. The van der Waals surface area contributed by atoms with Crippen molar-refractivity contribution in [1.82, 2.24) is 0 Å². The summed E-state index contributed by atoms with van der Waals surface area (Å²) in [6.45, 7) is 8.76. The van der Waals surface area contributed by atoms with Crippen molar-refractivity contribution in [3.63, 3.8) is 0 Å². The van der Waals surface area contributed by atoms with Crippen molar-refractivity contribution in [3.05, 3.63) is 59.7 Å². The molecular formula is C20H28N2Se2. The van der Waals surface area contributed by atoms with E-state index in [1.807, 2.05) is 0 Å². The minimum absolute atomic E-state index is 0.118. The first-order chi connectivity index (χ1) is 11.4. The third kappa shape index (κ3) is 4.95. The number of benzene rings is 2. The summed E-state index contributed by atoms with van der Waals surface area (Å²) in [7, 11) is 0. The van der Waals surface area contributed by atoms with E-state index in [1.54, 1.807) is 0 Å². The zero-order chi connectivity index (χ0) is 17.7. The zero-order valence-corrected chi connectivity index (χ0v) is 18.3. The van der Waals surface area contributed by atoms with E-state index in [-0.39, 0.29) is 12.1 Å². The van der Waals surface area contributed by atoms with Gasteiger partial charge in [-0.1, -0.05) is 0 Å². The molecule has 0 bridgehead atoms. The maximum atomic E-state index is 6.42. The molecule has 0 aliphatic heterocycles. The van der Waals surface area contributed by atoms with Crippen molar-refractivity contribution in [2.75, 3.05) is 0 Å². The van der Waals surface area contributed by atoms with Crippen molar-refractivity contribution in [1.29, 1.82) is 0 Å². The van der Waals surface area contributed by atoms with Crippen LogP contribution in [0.25, 0.3) is 0 Å². The van der Waals surface area contributed by atoms with E-state index in [9.17, 15) is 0 Å². The van der Waals surface area contributed by atoms with Gasteiger partial charge in [0.15, 0.2) is 0 Å². The minimum atomic E-state index is 0.118. The van der Waals surface area contributed by atoms with Crippen LogP contribution in [0.3, 0.4) is 0 Å². The Morgan fingerprint density at radius 2 is 0.958 bits per heavy atom. The Morgan fingerprint density at radius 3 is 1.29 bits per heavy atom. The van der Waals surface area contributed by atoms with Gasteiger partial charge in [0.2, 0.25) is 0 Å². The molecule has 130 valence electrons. The summed E-state index contributed by atoms with van der Waals surface area (Å²) < 4.78 is 2.89. The molecule has 2 nitrogen and oxygen atoms in total. The van der Waals surface area contributed by atoms with Gasteiger partial charge in [-0.05, 0) is 0 Å². The van der Waals surface area contributed by atoms with Crippen molar-refractivity contribution >= 4 is 35.2 Å². The average Bonchev–Trinajstić information content (AvgIpc) is 2.59. The molecule has 0 aliphatic rings. The molecule has 0 saturated carbocycles. The third-order valence-electron chi connectivity index (χ3n) is 4.21. The van der Waals surface area contributed by atoms with Crippen molar-refractivity contribution in [2.24, 2.45) is 23.3 Å². The van der Waals surface area contributed by atoms with Crippen LogP contribution in [0.4, 0.5) is 0 Å². The summed E-state index contributed by atoms with van der Waals surface area (Å²) in [5.74, 6) is 0.909. The Hall–Kier alpha value is -0.601. The number of hydrogen-bond donors (Lipinski definition) is 2. The zero-order valence-electron chi connectivity index (χ0n) is 14.9. The van der Waals surface area contributed by atoms with Gasteiger partial charge in [-0.3, -0.25) is 0 Å². The molecule has 0 spiro atoms. The van der Waals surface area contributed by atoms with Crippen LogP contribution in [-0.4, -0.2) is 26.3 Å². The molecule has 4 N–H and O–H groups in total. The fourth-order valence-corrected chi connectivity index (χ4v) is 9.94. The summed E-state index contributed by atoms with van der Waals surface area (Å²) in [6.07, 6.45) is 0. The normalized spacial score (nSPS) is 14.2. The van der Waals surface area contributed by atoms with Crippen LogP contribution in [0.2, 0.25) is 0 Å². The van der Waals surface area contributed by atoms with Crippen molar-refractivity contribution in [3.8, 4) is 0 Å². The predicted molar refractivity (Wildman–Crippen MR) is 107 cm³/mol. The maximum absolute atomic E-state index is 6.42. The molecule has 4 heteroatoms. The Morgan fingerprint density at radius 1 is 0.625 bits per heavy atom. The molecule has 2 unspecified atom stereocenters. The first-order valence-electron chi connectivity index (χ1n) is 8.45. The number of rotatable bonds is 7. The van der Waals surface area contributed by atoms with E-state index in [2.05, 4.69) is 76.2 Å². The second-order valence-corrected chi connectivity index (χ2v) is 13.0. The van der Waals surface area contributed by atoms with Crippen LogP contribution in [0.1, 0.15) is 50.9 Å². The molecule has 0 amide bonds. The van der Waals surface area contributed by atoms with Crippen LogP contribution >= 0.6 is 0 Å². The molecule has 0 fully saturated rings. The van der Waals surface area contributed by atoms with Crippen LogP contribution in [-0.2, 0) is 0 Å². The van der Waals surface area contributed by atoms with E-state index >= 15 is 0 Å². The number of hydrogen-bond acceptors (Lipinski definition) is 2. The van der Waals surface area contributed by atoms with Crippen LogP contribution < -0.4 is 20.4 Å². The fraction of sp³-hybridized carbons (Fsp3) is 0.400. The molecule has 0 radical (unpaired) electrons. The van der Waals surface area contributed by atoms with E-state index in [1.165, 1.54) is 20.1 Å². The summed E-state index contributed by atoms with van der Waals surface area (Å²) in [6, 6.07) is 17.6. The summed E-state index contributed by atoms with van der Waals surface area (Å²) in [4.78, 5) is 0. The Kier molecular flexibility index (Phi) is 7.56. The number of nitrogens with two attached hydrogens (primary N) is 2. The molecule has 0 heterocycles. The molecule has 2 aromatic carbocycles. The molecule has 2 aromatic rings. The van der Waals surface area contributed by atoms with Crippen molar-refractivity contribution < 1.29 is 0 Å². The van der Waals surface area contributed by atoms with Gasteiger partial charge >= 0.3 is 158 Å². The average molecular weight is 454 g/mol. The van der Waals surface area contributed by atoms with E-state index < -0.39 is 0 Å².